The molecule has 0 radical (unpaired) electrons. The number of anilines is 1. The van der Waals surface area contributed by atoms with Gasteiger partial charge in [-0.2, -0.15) is 0 Å². The summed E-state index contributed by atoms with van der Waals surface area (Å²) >= 11 is 6.22. The van der Waals surface area contributed by atoms with Crippen molar-refractivity contribution in [2.24, 2.45) is 5.41 Å². The number of nitrogens with zero attached hydrogens (tertiary/aromatic N) is 2. The first-order valence-electron chi connectivity index (χ1n) is 8.60. The summed E-state index contributed by atoms with van der Waals surface area (Å²) in [5, 5.41) is 21.9. The van der Waals surface area contributed by atoms with Gasteiger partial charge in [-0.3, -0.25) is 9.78 Å². The molecule has 134 valence electrons. The minimum atomic E-state index is -1.05. The molecule has 25 heavy (non-hydrogen) atoms. The minimum Gasteiger partial charge on any atom is -0.481 e. The number of carbonyl (C=O) groups is 1. The molecule has 0 unspecified atom stereocenters. The second-order valence-corrected chi connectivity index (χ2v) is 7.31. The third-order valence-electron chi connectivity index (χ3n) is 5.30. The van der Waals surface area contributed by atoms with Gasteiger partial charge < -0.3 is 15.1 Å². The highest BCUT2D eigenvalue weighted by Crippen LogP contribution is 2.40. The Hall–Kier alpha value is -1.85. The Kier molecular flexibility index (Phi) is 4.89. The predicted molar refractivity (Wildman–Crippen MR) is 99.3 cm³/mol. The Morgan fingerprint density at radius 2 is 2.24 bits per heavy atom. The van der Waals surface area contributed by atoms with Gasteiger partial charge in [0.05, 0.1) is 17.0 Å². The number of aliphatic carboxylic acids is 1. The van der Waals surface area contributed by atoms with Crippen molar-refractivity contribution in [3.8, 4) is 0 Å². The van der Waals surface area contributed by atoms with Crippen LogP contribution in [0.1, 0.15) is 31.7 Å². The fourth-order valence-electron chi connectivity index (χ4n) is 3.94. The first kappa shape index (κ1) is 18.0. The second-order valence-electron chi connectivity index (χ2n) is 6.87. The van der Waals surface area contributed by atoms with E-state index in [4.69, 9.17) is 11.6 Å². The van der Waals surface area contributed by atoms with Crippen molar-refractivity contribution in [2.45, 2.75) is 39.2 Å². The molecule has 0 saturated carbocycles. The number of carboxylic acid groups (broad SMARTS) is 1. The van der Waals surface area contributed by atoms with Crippen molar-refractivity contribution in [3.63, 3.8) is 0 Å². The summed E-state index contributed by atoms with van der Waals surface area (Å²) < 4.78 is 0. The van der Waals surface area contributed by atoms with E-state index in [1.165, 1.54) is 0 Å². The summed E-state index contributed by atoms with van der Waals surface area (Å²) in [7, 11) is 0. The SMILES string of the molecule is CCC[C@]1(C(=O)O)CCN(c2ccnc3c(C)cc(Cl)cc23)C[C@@H]1O. The molecule has 1 fully saturated rings. The number of hydrogen-bond acceptors (Lipinski definition) is 4. The molecule has 5 nitrogen and oxygen atoms in total. The van der Waals surface area contributed by atoms with Crippen LogP contribution in [-0.4, -0.2) is 40.4 Å². The molecule has 0 aliphatic carbocycles. The zero-order valence-electron chi connectivity index (χ0n) is 14.5. The van der Waals surface area contributed by atoms with Crippen LogP contribution >= 0.6 is 11.6 Å². The van der Waals surface area contributed by atoms with Crippen LogP contribution in [0.4, 0.5) is 5.69 Å². The van der Waals surface area contributed by atoms with E-state index in [-0.39, 0.29) is 6.54 Å². The average molecular weight is 363 g/mol. The highest BCUT2D eigenvalue weighted by molar-refractivity contribution is 6.31. The highest BCUT2D eigenvalue weighted by Gasteiger charge is 2.48. The monoisotopic (exact) mass is 362 g/mol. The van der Waals surface area contributed by atoms with Crippen LogP contribution in [0, 0.1) is 12.3 Å². The molecular formula is C19H23ClN2O3. The normalized spacial score (nSPS) is 23.8. The highest BCUT2D eigenvalue weighted by atomic mass is 35.5. The first-order chi connectivity index (χ1) is 11.9. The number of halogens is 1. The molecule has 0 amide bonds. The Labute approximate surface area is 152 Å². The molecule has 2 heterocycles. The maximum atomic E-state index is 11.8. The molecule has 1 saturated heterocycles. The molecule has 6 heteroatoms. The lowest BCUT2D eigenvalue weighted by atomic mass is 9.72. The number of aromatic nitrogens is 1. The van der Waals surface area contributed by atoms with Crippen molar-refractivity contribution < 1.29 is 15.0 Å². The molecule has 1 aliphatic heterocycles. The third kappa shape index (κ3) is 3.07. The topological polar surface area (TPSA) is 73.7 Å². The first-order valence-corrected chi connectivity index (χ1v) is 8.98. The van der Waals surface area contributed by atoms with Crippen molar-refractivity contribution in [3.05, 3.63) is 35.0 Å². The minimum absolute atomic E-state index is 0.289. The fraction of sp³-hybridized carbons (Fsp3) is 0.474. The van der Waals surface area contributed by atoms with E-state index in [0.29, 0.717) is 24.4 Å². The number of piperidine rings is 1. The largest absolute Gasteiger partial charge is 0.481 e. The maximum Gasteiger partial charge on any atom is 0.312 e. The summed E-state index contributed by atoms with van der Waals surface area (Å²) in [5.74, 6) is -0.903. The van der Waals surface area contributed by atoms with E-state index in [1.807, 2.05) is 36.9 Å². The summed E-state index contributed by atoms with van der Waals surface area (Å²) in [6, 6.07) is 5.66. The Balaban J connectivity index is 1.98. The smallest absolute Gasteiger partial charge is 0.312 e. The molecule has 2 aromatic rings. The van der Waals surface area contributed by atoms with Crippen molar-refractivity contribution in [2.75, 3.05) is 18.0 Å². The second kappa shape index (κ2) is 6.81. The number of rotatable bonds is 4. The number of aliphatic hydroxyl groups is 1. The van der Waals surface area contributed by atoms with Crippen molar-refractivity contribution in [1.29, 1.82) is 0 Å². The number of β-amino-alcohol motifs (C(OH)–C–C–N with tert-alkyl or cyclic N) is 1. The average Bonchev–Trinajstić information content (AvgIpc) is 2.56. The maximum absolute atomic E-state index is 11.8. The Morgan fingerprint density at radius 3 is 2.88 bits per heavy atom. The zero-order chi connectivity index (χ0) is 18.2. The molecule has 2 N–H and O–H groups in total. The van der Waals surface area contributed by atoms with E-state index in [0.717, 1.165) is 28.6 Å². The lowest BCUT2D eigenvalue weighted by Crippen LogP contribution is -2.54. The third-order valence-corrected chi connectivity index (χ3v) is 5.52. The zero-order valence-corrected chi connectivity index (χ0v) is 15.3. The summed E-state index contributed by atoms with van der Waals surface area (Å²) in [6.07, 6.45) is 2.47. The Bertz CT molecular complexity index is 811. The van der Waals surface area contributed by atoms with Gasteiger partial charge in [0.1, 0.15) is 0 Å². The van der Waals surface area contributed by atoms with Crippen molar-refractivity contribution >= 4 is 34.2 Å². The van der Waals surface area contributed by atoms with Crippen LogP contribution in [0.15, 0.2) is 24.4 Å². The number of pyridine rings is 1. The number of aliphatic hydroxyl groups excluding tert-OH is 1. The van der Waals surface area contributed by atoms with Crippen LogP contribution in [0.5, 0.6) is 0 Å². The van der Waals surface area contributed by atoms with Crippen LogP contribution < -0.4 is 4.90 Å². The summed E-state index contributed by atoms with van der Waals surface area (Å²) in [4.78, 5) is 18.3. The number of hydrogen-bond donors (Lipinski definition) is 2. The fourth-order valence-corrected chi connectivity index (χ4v) is 4.21. The number of carboxylic acids is 1. The van der Waals surface area contributed by atoms with E-state index in [2.05, 4.69) is 4.98 Å². The van der Waals surface area contributed by atoms with Crippen molar-refractivity contribution in [1.82, 2.24) is 4.98 Å². The molecule has 1 aromatic heterocycles. The van der Waals surface area contributed by atoms with Gasteiger partial charge in [-0.25, -0.2) is 0 Å². The van der Waals surface area contributed by atoms with E-state index in [9.17, 15) is 15.0 Å². The molecule has 3 rings (SSSR count). The van der Waals surface area contributed by atoms with Gasteiger partial charge in [-0.05, 0) is 43.5 Å². The number of aryl methyl sites for hydroxylation is 1. The summed E-state index contributed by atoms with van der Waals surface area (Å²) in [5.41, 5.74) is 1.75. The van der Waals surface area contributed by atoms with Crippen LogP contribution in [0.25, 0.3) is 10.9 Å². The quantitative estimate of drug-likeness (QED) is 0.868. The van der Waals surface area contributed by atoms with E-state index >= 15 is 0 Å². The van der Waals surface area contributed by atoms with E-state index in [1.54, 1.807) is 6.20 Å². The lowest BCUT2D eigenvalue weighted by molar-refractivity contribution is -0.159. The van der Waals surface area contributed by atoms with Gasteiger partial charge in [-0.1, -0.05) is 24.9 Å². The van der Waals surface area contributed by atoms with Gasteiger partial charge >= 0.3 is 5.97 Å². The molecule has 1 aliphatic rings. The lowest BCUT2D eigenvalue weighted by Gasteiger charge is -2.43. The van der Waals surface area contributed by atoms with Crippen LogP contribution in [-0.2, 0) is 4.79 Å². The Morgan fingerprint density at radius 1 is 1.48 bits per heavy atom. The predicted octanol–water partition coefficient (Wildman–Crippen LogP) is 3.64. The standard InChI is InChI=1S/C19H23ClN2O3/c1-3-5-19(18(24)25)6-8-22(11-16(19)23)15-4-7-21-17-12(2)9-13(20)10-14(15)17/h4,7,9-10,16,23H,3,5-6,8,11H2,1-2H3,(H,24,25)/t16-,19-/m0/s1. The molecule has 1 aromatic carbocycles. The number of fused-ring (bicyclic) bond motifs is 1. The van der Waals surface area contributed by atoms with Crippen LogP contribution in [0.2, 0.25) is 5.02 Å². The molecule has 0 spiro atoms. The number of benzene rings is 1. The molecular weight excluding hydrogens is 340 g/mol. The molecule has 0 bridgehead atoms. The van der Waals surface area contributed by atoms with Gasteiger partial charge in [0.15, 0.2) is 0 Å². The van der Waals surface area contributed by atoms with Gasteiger partial charge in [0, 0.05) is 35.4 Å². The van der Waals surface area contributed by atoms with Gasteiger partial charge in [0.25, 0.3) is 0 Å². The summed E-state index contributed by atoms with van der Waals surface area (Å²) in [6.45, 7) is 4.78. The molecule has 2 atom stereocenters. The van der Waals surface area contributed by atoms with E-state index < -0.39 is 17.5 Å². The van der Waals surface area contributed by atoms with Crippen LogP contribution in [0.3, 0.4) is 0 Å². The van der Waals surface area contributed by atoms with Gasteiger partial charge in [0.2, 0.25) is 0 Å². The van der Waals surface area contributed by atoms with Gasteiger partial charge in [-0.15, -0.1) is 0 Å².